The molecule has 0 rings (SSSR count). The molecule has 89 heavy (non-hydrogen) atoms. The van der Waals surface area contributed by atoms with Crippen molar-refractivity contribution < 1.29 is 31.5 Å². The minimum absolute atomic E-state index is 0.440. The molecule has 0 bridgehead atoms. The molecule has 0 heterocycles. The fourth-order valence-electron chi connectivity index (χ4n) is 14.4. The Bertz CT molecular complexity index is 1280. The van der Waals surface area contributed by atoms with Crippen molar-refractivity contribution in [2.45, 2.75) is 468 Å². The maximum atomic E-state index is 16.8. The van der Waals surface area contributed by atoms with Crippen LogP contribution in [0.4, 0.5) is 0 Å². The third-order valence-corrected chi connectivity index (χ3v) is 25.7. The van der Waals surface area contributed by atoms with Gasteiger partial charge >= 0.3 is 565 Å². The second-order valence-electron chi connectivity index (χ2n) is 28.9. The fraction of sp³-hybridized carbons (Fsp3) is 0.950. The molecule has 0 aliphatic heterocycles. The van der Waals surface area contributed by atoms with Crippen molar-refractivity contribution in [1.82, 2.24) is 0 Å². The van der Waals surface area contributed by atoms with Crippen molar-refractivity contribution >= 4 is 43.9 Å². The third kappa shape index (κ3) is 38.7. The van der Waals surface area contributed by atoms with Gasteiger partial charge in [-0.25, -0.2) is 0 Å². The van der Waals surface area contributed by atoms with Crippen molar-refractivity contribution in [2.24, 2.45) is 21.7 Å². The van der Waals surface area contributed by atoms with Crippen LogP contribution in [0.15, 0.2) is 0 Å². The first kappa shape index (κ1) is 87.7. The van der Waals surface area contributed by atoms with Crippen LogP contribution in [0, 0.1) is 21.7 Å². The summed E-state index contributed by atoms with van der Waals surface area (Å²) in [5.41, 5.74) is -3.69. The van der Waals surface area contributed by atoms with Gasteiger partial charge in [-0.05, 0) is 0 Å². The minimum atomic E-state index is -6.81. The number of carbonyl (C=O) groups is 4. The van der Waals surface area contributed by atoms with E-state index in [9.17, 15) is 0 Å². The van der Waals surface area contributed by atoms with Gasteiger partial charge in [-0.3, -0.25) is 0 Å². The molecule has 9 heteroatoms. The second kappa shape index (κ2) is 58.1. The van der Waals surface area contributed by atoms with Crippen LogP contribution < -0.4 is 0 Å². The molecule has 8 nitrogen and oxygen atoms in total. The number of hydrogen-bond acceptors (Lipinski definition) is 8. The molecule has 0 amide bonds. The zero-order valence-electron chi connectivity index (χ0n) is 62.2. The Labute approximate surface area is 561 Å². The first-order valence-electron chi connectivity index (χ1n) is 40.2. The van der Waals surface area contributed by atoms with Gasteiger partial charge < -0.3 is 0 Å². The molecule has 0 aliphatic carbocycles. The summed E-state index contributed by atoms with van der Waals surface area (Å²) in [6.45, 7) is 26.9. The van der Waals surface area contributed by atoms with Crippen LogP contribution in [-0.2, 0) is 31.5 Å². The van der Waals surface area contributed by atoms with Gasteiger partial charge in [-0.1, -0.05) is 0 Å². The van der Waals surface area contributed by atoms with Gasteiger partial charge in [-0.15, -0.1) is 0 Å². The van der Waals surface area contributed by atoms with E-state index in [1.54, 1.807) is 0 Å². The molecule has 0 atom stereocenters. The quantitative estimate of drug-likeness (QED) is 0.0438. The molecule has 0 radical (unpaired) electrons. The van der Waals surface area contributed by atoms with Crippen molar-refractivity contribution in [3.05, 3.63) is 0 Å². The van der Waals surface area contributed by atoms with Gasteiger partial charge in [0.15, 0.2) is 0 Å². The molecule has 0 aromatic rings. The van der Waals surface area contributed by atoms with Crippen molar-refractivity contribution in [2.75, 3.05) is 0 Å². The van der Waals surface area contributed by atoms with Crippen LogP contribution >= 0.6 is 0 Å². The Balaban J connectivity index is 9.78. The molecule has 0 saturated carbocycles. The van der Waals surface area contributed by atoms with E-state index in [1.807, 2.05) is 0 Å². The van der Waals surface area contributed by atoms with E-state index in [4.69, 9.17) is 12.3 Å². The van der Waals surface area contributed by atoms with E-state index < -0.39 is 65.6 Å². The van der Waals surface area contributed by atoms with Crippen LogP contribution in [0.3, 0.4) is 0 Å². The summed E-state index contributed by atoms with van der Waals surface area (Å²) in [5.74, 6) is -1.76. The van der Waals surface area contributed by atoms with E-state index >= 15 is 19.2 Å². The standard InChI is InChI=1S/4C20H40O2.Sn/c4*1-4-7-10-13-16-20(19(21)22,17-14-11-8-5-2)18-15-12-9-6-3;/h4*4-18H2,1-3H3,(H,21,22);/q;;;;+4/p-4. The van der Waals surface area contributed by atoms with E-state index in [1.165, 1.54) is 0 Å². The van der Waals surface area contributed by atoms with Crippen molar-refractivity contribution in [1.29, 1.82) is 0 Å². The second-order valence-corrected chi connectivity index (χ2v) is 34.1. The maximum absolute atomic E-state index is 16.8. The Morgan fingerprint density at radius 2 is 0.281 bits per heavy atom. The topological polar surface area (TPSA) is 105 Å². The molecular formula is C80H156O8Sn. The Kier molecular flexibility index (Phi) is 57.2. The fourth-order valence-corrected chi connectivity index (χ4v) is 20.2. The van der Waals surface area contributed by atoms with Crippen molar-refractivity contribution in [3.8, 4) is 0 Å². The summed E-state index contributed by atoms with van der Waals surface area (Å²) >= 11 is -6.81. The summed E-state index contributed by atoms with van der Waals surface area (Å²) in [6.07, 6.45) is 56.2. The summed E-state index contributed by atoms with van der Waals surface area (Å²) in [5, 5.41) is 0. The van der Waals surface area contributed by atoms with E-state index in [0.717, 1.165) is 308 Å². The summed E-state index contributed by atoms with van der Waals surface area (Å²) in [6, 6.07) is 0. The van der Waals surface area contributed by atoms with Gasteiger partial charge in [0.2, 0.25) is 0 Å². The van der Waals surface area contributed by atoms with E-state index in [-0.39, 0.29) is 0 Å². The molecule has 0 saturated heterocycles. The molecule has 528 valence electrons. The van der Waals surface area contributed by atoms with E-state index in [2.05, 4.69) is 83.1 Å². The van der Waals surface area contributed by atoms with Crippen molar-refractivity contribution in [3.63, 3.8) is 0 Å². The number of unbranched alkanes of at least 4 members (excludes halogenated alkanes) is 36. The molecule has 0 aliphatic rings. The van der Waals surface area contributed by atoms with E-state index in [0.29, 0.717) is 77.0 Å². The van der Waals surface area contributed by atoms with Gasteiger partial charge in [-0.2, -0.15) is 0 Å². The SMILES string of the molecule is CCCCCCC(CCCCCC)(CCCCCC)C(=O)[O][Sn]([O]C(=O)C(CCCCCC)(CCCCCC)CCCCCC)([O]C(=O)C(CCCCCC)(CCCCCC)CCCCCC)[O]C(=O)C(CCCCCC)(CCCCCC)CCCCCC. The van der Waals surface area contributed by atoms with Crippen LogP contribution in [0.25, 0.3) is 0 Å². The van der Waals surface area contributed by atoms with Gasteiger partial charge in [0.05, 0.1) is 0 Å². The van der Waals surface area contributed by atoms with Crippen LogP contribution in [0.5, 0.6) is 0 Å². The number of hydrogen-bond donors (Lipinski definition) is 0. The third-order valence-electron chi connectivity index (χ3n) is 20.7. The predicted molar refractivity (Wildman–Crippen MR) is 385 cm³/mol. The summed E-state index contributed by atoms with van der Waals surface area (Å²) in [7, 11) is 0. The molecule has 0 N–H and O–H groups in total. The number of carbonyl (C=O) groups excluding carboxylic acids is 4. The monoisotopic (exact) mass is 1370 g/mol. The average Bonchev–Trinajstić information content (AvgIpc) is 3.17. The van der Waals surface area contributed by atoms with Crippen LogP contribution in [-0.4, -0.2) is 43.9 Å². The Morgan fingerprint density at radius 3 is 0.371 bits per heavy atom. The van der Waals surface area contributed by atoms with Crippen LogP contribution in [0.1, 0.15) is 468 Å². The zero-order chi connectivity index (χ0) is 66.1. The van der Waals surface area contributed by atoms with Gasteiger partial charge in [0.1, 0.15) is 0 Å². The molecule has 0 aromatic carbocycles. The summed E-state index contributed by atoms with van der Waals surface area (Å²) < 4.78 is 30.0. The number of rotatable bonds is 68. The Hall–Kier alpha value is -1.32. The molecule has 0 fully saturated rings. The molecular weight excluding hydrogens is 1210 g/mol. The molecule has 0 unspecified atom stereocenters. The zero-order valence-corrected chi connectivity index (χ0v) is 65.0. The molecule has 0 spiro atoms. The normalized spacial score (nSPS) is 12.4. The van der Waals surface area contributed by atoms with Gasteiger partial charge in [0, 0.05) is 0 Å². The Morgan fingerprint density at radius 1 is 0.180 bits per heavy atom. The average molecular weight is 1360 g/mol. The predicted octanol–water partition coefficient (Wildman–Crippen LogP) is 27.2. The molecule has 0 aromatic heterocycles. The first-order chi connectivity index (χ1) is 43.2. The first-order valence-corrected chi connectivity index (χ1v) is 44.8. The van der Waals surface area contributed by atoms with Gasteiger partial charge in [0.25, 0.3) is 0 Å². The van der Waals surface area contributed by atoms with Crippen LogP contribution in [0.2, 0.25) is 0 Å². The summed E-state index contributed by atoms with van der Waals surface area (Å²) in [4.78, 5) is 67.3.